The number of morpholine rings is 1. The minimum Gasteiger partial charge on any atom is -0.378 e. The van der Waals surface area contributed by atoms with Gasteiger partial charge in [0.2, 0.25) is 5.89 Å². The van der Waals surface area contributed by atoms with Crippen molar-refractivity contribution in [3.63, 3.8) is 0 Å². The molecule has 1 fully saturated rings. The SMILES string of the molecule is CCc1noc(CN2CCOC[C@@H]2CC(=O)c2cccs2)n1. The molecule has 3 heterocycles. The van der Waals surface area contributed by atoms with Crippen LogP contribution >= 0.6 is 11.3 Å². The molecule has 1 aliphatic rings. The number of rotatable bonds is 6. The molecule has 1 atom stereocenters. The van der Waals surface area contributed by atoms with E-state index in [4.69, 9.17) is 9.26 Å². The lowest BCUT2D eigenvalue weighted by Gasteiger charge is -2.34. The fourth-order valence-corrected chi connectivity index (χ4v) is 3.18. The molecule has 6 nitrogen and oxygen atoms in total. The van der Waals surface area contributed by atoms with Crippen molar-refractivity contribution < 1.29 is 14.1 Å². The lowest BCUT2D eigenvalue weighted by Crippen LogP contribution is -2.45. The van der Waals surface area contributed by atoms with E-state index in [0.29, 0.717) is 32.1 Å². The summed E-state index contributed by atoms with van der Waals surface area (Å²) in [6, 6.07) is 3.82. The molecule has 1 aliphatic heterocycles. The van der Waals surface area contributed by atoms with Gasteiger partial charge in [-0.15, -0.1) is 11.3 Å². The number of hydrogen-bond acceptors (Lipinski definition) is 7. The average Bonchev–Trinajstić information content (AvgIpc) is 3.20. The first kappa shape index (κ1) is 15.3. The Morgan fingerprint density at radius 1 is 1.55 bits per heavy atom. The molecule has 2 aromatic rings. The molecule has 2 aromatic heterocycles. The second-order valence-electron chi connectivity index (χ2n) is 5.26. The Kier molecular flexibility index (Phi) is 4.97. The quantitative estimate of drug-likeness (QED) is 0.760. The van der Waals surface area contributed by atoms with Crippen molar-refractivity contribution in [2.75, 3.05) is 19.8 Å². The Labute approximate surface area is 133 Å². The van der Waals surface area contributed by atoms with Crippen LogP contribution in [0.25, 0.3) is 0 Å². The number of aryl methyl sites for hydroxylation is 1. The summed E-state index contributed by atoms with van der Waals surface area (Å²) in [5.74, 6) is 1.48. The molecule has 0 aromatic carbocycles. The predicted molar refractivity (Wildman–Crippen MR) is 82.0 cm³/mol. The largest absolute Gasteiger partial charge is 0.378 e. The van der Waals surface area contributed by atoms with Crippen LogP contribution in [0.5, 0.6) is 0 Å². The van der Waals surface area contributed by atoms with E-state index in [0.717, 1.165) is 23.7 Å². The van der Waals surface area contributed by atoms with Crippen molar-refractivity contribution in [2.45, 2.75) is 32.4 Å². The summed E-state index contributed by atoms with van der Waals surface area (Å²) in [7, 11) is 0. The fraction of sp³-hybridized carbons (Fsp3) is 0.533. The molecular weight excluding hydrogens is 302 g/mol. The first-order chi connectivity index (χ1) is 10.8. The molecule has 7 heteroatoms. The Morgan fingerprint density at radius 2 is 2.45 bits per heavy atom. The van der Waals surface area contributed by atoms with E-state index in [1.54, 1.807) is 0 Å². The third-order valence-corrected chi connectivity index (χ3v) is 4.64. The van der Waals surface area contributed by atoms with Crippen LogP contribution in [-0.2, 0) is 17.7 Å². The summed E-state index contributed by atoms with van der Waals surface area (Å²) >= 11 is 1.48. The van der Waals surface area contributed by atoms with Gasteiger partial charge >= 0.3 is 0 Å². The highest BCUT2D eigenvalue weighted by Gasteiger charge is 2.27. The Balaban J connectivity index is 1.64. The molecule has 0 spiro atoms. The van der Waals surface area contributed by atoms with Gasteiger partial charge in [0.25, 0.3) is 0 Å². The minimum atomic E-state index is 0.0559. The van der Waals surface area contributed by atoms with Gasteiger partial charge in [0, 0.05) is 25.4 Å². The number of carbonyl (C=O) groups is 1. The van der Waals surface area contributed by atoms with Crippen molar-refractivity contribution >= 4 is 17.1 Å². The molecule has 0 aliphatic carbocycles. The summed E-state index contributed by atoms with van der Waals surface area (Å²) in [6.07, 6.45) is 1.21. The third kappa shape index (κ3) is 3.60. The van der Waals surface area contributed by atoms with Crippen molar-refractivity contribution in [3.8, 4) is 0 Å². The van der Waals surface area contributed by atoms with Crippen LogP contribution in [0.3, 0.4) is 0 Å². The third-order valence-electron chi connectivity index (χ3n) is 3.73. The lowest BCUT2D eigenvalue weighted by molar-refractivity contribution is -0.0164. The van der Waals surface area contributed by atoms with Crippen LogP contribution in [0.2, 0.25) is 0 Å². The molecule has 0 radical (unpaired) electrons. The van der Waals surface area contributed by atoms with Gasteiger partial charge in [-0.1, -0.05) is 18.1 Å². The zero-order chi connectivity index (χ0) is 15.4. The molecule has 3 rings (SSSR count). The molecule has 0 bridgehead atoms. The summed E-state index contributed by atoms with van der Waals surface area (Å²) in [4.78, 5) is 19.6. The van der Waals surface area contributed by atoms with Gasteiger partial charge in [-0.3, -0.25) is 9.69 Å². The zero-order valence-corrected chi connectivity index (χ0v) is 13.3. The van der Waals surface area contributed by atoms with Crippen molar-refractivity contribution in [2.24, 2.45) is 0 Å². The maximum atomic E-state index is 12.3. The Bertz CT molecular complexity index is 611. The highest BCUT2D eigenvalue weighted by molar-refractivity contribution is 7.12. The van der Waals surface area contributed by atoms with E-state index < -0.39 is 0 Å². The number of Topliss-reactive ketones (excluding diaryl/α,β-unsaturated/α-hetero) is 1. The van der Waals surface area contributed by atoms with Crippen molar-refractivity contribution in [1.82, 2.24) is 15.0 Å². The van der Waals surface area contributed by atoms with E-state index in [1.807, 2.05) is 24.4 Å². The Morgan fingerprint density at radius 3 is 3.18 bits per heavy atom. The van der Waals surface area contributed by atoms with Gasteiger partial charge in [-0.25, -0.2) is 0 Å². The number of hydrogen-bond donors (Lipinski definition) is 0. The van der Waals surface area contributed by atoms with Gasteiger partial charge in [0.05, 0.1) is 24.6 Å². The number of ether oxygens (including phenoxy) is 1. The highest BCUT2D eigenvalue weighted by Crippen LogP contribution is 2.19. The van der Waals surface area contributed by atoms with E-state index >= 15 is 0 Å². The first-order valence-electron chi connectivity index (χ1n) is 7.46. The summed E-state index contributed by atoms with van der Waals surface area (Å²) in [6.45, 7) is 4.56. The maximum absolute atomic E-state index is 12.3. The van der Waals surface area contributed by atoms with Crippen LogP contribution in [0.1, 0.15) is 34.7 Å². The lowest BCUT2D eigenvalue weighted by atomic mass is 10.1. The summed E-state index contributed by atoms with van der Waals surface area (Å²) in [5.41, 5.74) is 0. The maximum Gasteiger partial charge on any atom is 0.240 e. The van der Waals surface area contributed by atoms with E-state index in [1.165, 1.54) is 11.3 Å². The molecule has 0 N–H and O–H groups in total. The topological polar surface area (TPSA) is 68.5 Å². The van der Waals surface area contributed by atoms with Crippen LogP contribution in [0.4, 0.5) is 0 Å². The average molecular weight is 321 g/mol. The van der Waals surface area contributed by atoms with Crippen LogP contribution in [0, 0.1) is 0 Å². The normalized spacial score (nSPS) is 19.4. The second-order valence-corrected chi connectivity index (χ2v) is 6.21. The standard InChI is InChI=1S/C15H19N3O3S/c1-2-14-16-15(21-17-14)9-18-5-6-20-10-11(18)8-12(19)13-4-3-7-22-13/h3-4,7,11H,2,5-6,8-10H2,1H3/t11-/m0/s1. The molecule has 0 unspecified atom stereocenters. The Hall–Kier alpha value is -1.57. The van der Waals surface area contributed by atoms with Gasteiger partial charge in [-0.2, -0.15) is 4.98 Å². The van der Waals surface area contributed by atoms with Crippen molar-refractivity contribution in [1.29, 1.82) is 0 Å². The number of nitrogens with zero attached hydrogens (tertiary/aromatic N) is 3. The smallest absolute Gasteiger partial charge is 0.240 e. The van der Waals surface area contributed by atoms with Gasteiger partial charge in [0.1, 0.15) is 0 Å². The van der Waals surface area contributed by atoms with Gasteiger partial charge in [0.15, 0.2) is 11.6 Å². The van der Waals surface area contributed by atoms with E-state index in [2.05, 4.69) is 15.0 Å². The van der Waals surface area contributed by atoms with Gasteiger partial charge < -0.3 is 9.26 Å². The minimum absolute atomic E-state index is 0.0559. The first-order valence-corrected chi connectivity index (χ1v) is 8.34. The second kappa shape index (κ2) is 7.13. The van der Waals surface area contributed by atoms with Crippen molar-refractivity contribution in [3.05, 3.63) is 34.1 Å². The number of aromatic nitrogens is 2. The number of carbonyl (C=O) groups excluding carboxylic acids is 1. The van der Waals surface area contributed by atoms with Crippen LogP contribution in [0.15, 0.2) is 22.0 Å². The molecule has 1 saturated heterocycles. The molecular formula is C15H19N3O3S. The van der Waals surface area contributed by atoms with Crippen LogP contribution < -0.4 is 0 Å². The van der Waals surface area contributed by atoms with E-state index in [9.17, 15) is 4.79 Å². The zero-order valence-electron chi connectivity index (χ0n) is 12.5. The summed E-state index contributed by atoms with van der Waals surface area (Å²) < 4.78 is 10.8. The van der Waals surface area contributed by atoms with E-state index in [-0.39, 0.29) is 11.8 Å². The number of thiophene rings is 1. The highest BCUT2D eigenvalue weighted by atomic mass is 32.1. The number of ketones is 1. The molecule has 22 heavy (non-hydrogen) atoms. The van der Waals surface area contributed by atoms with Crippen LogP contribution in [-0.4, -0.2) is 46.6 Å². The molecule has 0 amide bonds. The predicted octanol–water partition coefficient (Wildman–Crippen LogP) is 2.17. The monoisotopic (exact) mass is 321 g/mol. The molecule has 118 valence electrons. The molecule has 0 saturated carbocycles. The fourth-order valence-electron chi connectivity index (χ4n) is 2.51. The summed E-state index contributed by atoms with van der Waals surface area (Å²) in [5, 5.41) is 5.84. The van der Waals surface area contributed by atoms with Gasteiger partial charge in [-0.05, 0) is 11.4 Å².